The summed E-state index contributed by atoms with van der Waals surface area (Å²) >= 11 is 0. The van der Waals surface area contributed by atoms with E-state index >= 15 is 0 Å². The Balaban J connectivity index is 2.63. The van der Waals surface area contributed by atoms with E-state index in [0.29, 0.717) is 6.07 Å². The van der Waals surface area contributed by atoms with Crippen molar-refractivity contribution in [3.63, 3.8) is 0 Å². The van der Waals surface area contributed by atoms with Crippen LogP contribution < -0.4 is 0 Å². The van der Waals surface area contributed by atoms with Crippen molar-refractivity contribution in [1.82, 2.24) is 4.98 Å². The lowest BCUT2D eigenvalue weighted by molar-refractivity contribution is -0.140. The zero-order valence-electron chi connectivity index (χ0n) is 8.80. The van der Waals surface area contributed by atoms with Gasteiger partial charge >= 0.3 is 6.18 Å². The minimum absolute atomic E-state index is 0.0144. The van der Waals surface area contributed by atoms with E-state index < -0.39 is 23.4 Å². The minimum Gasteiger partial charge on any atom is -0.256 e. The summed E-state index contributed by atoms with van der Waals surface area (Å²) in [4.78, 5) is 3.73. The van der Waals surface area contributed by atoms with Crippen LogP contribution in [0, 0.1) is 11.6 Å². The van der Waals surface area contributed by atoms with Crippen molar-refractivity contribution in [2.45, 2.75) is 6.18 Å². The second-order valence-electron chi connectivity index (χ2n) is 3.52. The van der Waals surface area contributed by atoms with Gasteiger partial charge in [-0.1, -0.05) is 6.07 Å². The van der Waals surface area contributed by atoms with E-state index in [1.807, 2.05) is 0 Å². The number of aromatic nitrogens is 1. The summed E-state index contributed by atoms with van der Waals surface area (Å²) in [5.41, 5.74) is -1.88. The molecule has 1 aromatic heterocycles. The molecule has 2 aromatic rings. The maximum atomic E-state index is 13.5. The van der Waals surface area contributed by atoms with Gasteiger partial charge in [0.05, 0.1) is 11.3 Å². The molecule has 6 heteroatoms. The van der Waals surface area contributed by atoms with E-state index in [2.05, 4.69) is 4.98 Å². The summed E-state index contributed by atoms with van der Waals surface area (Å²) in [6.45, 7) is 0. The highest BCUT2D eigenvalue weighted by Crippen LogP contribution is 2.35. The maximum absolute atomic E-state index is 13.5. The van der Waals surface area contributed by atoms with Crippen molar-refractivity contribution in [2.75, 3.05) is 0 Å². The van der Waals surface area contributed by atoms with E-state index in [4.69, 9.17) is 0 Å². The first-order chi connectivity index (χ1) is 8.39. The molecular formula is C12H6F5N. The Morgan fingerprint density at radius 2 is 1.67 bits per heavy atom. The van der Waals surface area contributed by atoms with Crippen molar-refractivity contribution in [1.29, 1.82) is 0 Å². The highest BCUT2D eigenvalue weighted by atomic mass is 19.4. The van der Waals surface area contributed by atoms with Crippen LogP contribution >= 0.6 is 0 Å². The number of pyridine rings is 1. The lowest BCUT2D eigenvalue weighted by Crippen LogP contribution is -2.09. The fourth-order valence-electron chi connectivity index (χ4n) is 1.48. The lowest BCUT2D eigenvalue weighted by atomic mass is 10.1. The molecule has 0 radical (unpaired) electrons. The van der Waals surface area contributed by atoms with Crippen LogP contribution in [0.5, 0.6) is 0 Å². The predicted octanol–water partition coefficient (Wildman–Crippen LogP) is 4.05. The monoisotopic (exact) mass is 259 g/mol. The molecule has 2 rings (SSSR count). The largest absolute Gasteiger partial charge is 0.419 e. The Hall–Kier alpha value is -1.98. The van der Waals surface area contributed by atoms with Crippen LogP contribution in [0.2, 0.25) is 0 Å². The van der Waals surface area contributed by atoms with Crippen molar-refractivity contribution in [3.05, 3.63) is 53.7 Å². The molecule has 0 saturated heterocycles. The summed E-state index contributed by atoms with van der Waals surface area (Å²) in [5, 5.41) is 0. The van der Waals surface area contributed by atoms with E-state index in [1.54, 1.807) is 0 Å². The van der Waals surface area contributed by atoms with Crippen molar-refractivity contribution in [3.8, 4) is 11.3 Å². The fraction of sp³-hybridized carbons (Fsp3) is 0.0833. The standard InChI is InChI=1S/C12H6F5N/c13-9-6-10(14)8(12(15,16)17)5-7(9)11-3-1-2-4-18-11/h1-6H. The Kier molecular flexibility index (Phi) is 3.02. The second kappa shape index (κ2) is 4.36. The van der Waals surface area contributed by atoms with Gasteiger partial charge in [-0.3, -0.25) is 4.98 Å². The highest BCUT2D eigenvalue weighted by molar-refractivity contribution is 5.61. The fourth-order valence-corrected chi connectivity index (χ4v) is 1.48. The van der Waals surface area contributed by atoms with Gasteiger partial charge in [0.1, 0.15) is 11.6 Å². The molecule has 0 unspecified atom stereocenters. The van der Waals surface area contributed by atoms with Gasteiger partial charge in [-0.2, -0.15) is 13.2 Å². The van der Waals surface area contributed by atoms with Crippen LogP contribution in [0.4, 0.5) is 22.0 Å². The molecular weight excluding hydrogens is 253 g/mol. The van der Waals surface area contributed by atoms with Crippen LogP contribution in [-0.2, 0) is 6.18 Å². The molecule has 1 aromatic carbocycles. The third-order valence-electron chi connectivity index (χ3n) is 2.30. The van der Waals surface area contributed by atoms with Crippen LogP contribution in [0.1, 0.15) is 5.56 Å². The van der Waals surface area contributed by atoms with E-state index in [-0.39, 0.29) is 17.3 Å². The first-order valence-corrected chi connectivity index (χ1v) is 4.87. The van der Waals surface area contributed by atoms with E-state index in [1.165, 1.54) is 24.4 Å². The van der Waals surface area contributed by atoms with E-state index in [9.17, 15) is 22.0 Å². The minimum atomic E-state index is -4.87. The third kappa shape index (κ3) is 2.32. The molecule has 94 valence electrons. The Labute approximate surface area is 98.9 Å². The van der Waals surface area contributed by atoms with Crippen LogP contribution in [0.15, 0.2) is 36.5 Å². The van der Waals surface area contributed by atoms with Crippen molar-refractivity contribution >= 4 is 0 Å². The average Bonchev–Trinajstić information content (AvgIpc) is 2.28. The number of hydrogen-bond donors (Lipinski definition) is 0. The number of alkyl halides is 3. The van der Waals surface area contributed by atoms with Gasteiger partial charge in [-0.05, 0) is 18.2 Å². The lowest BCUT2D eigenvalue weighted by Gasteiger charge is -2.10. The van der Waals surface area contributed by atoms with Crippen LogP contribution in [0.25, 0.3) is 11.3 Å². The topological polar surface area (TPSA) is 12.9 Å². The Morgan fingerprint density at radius 1 is 0.944 bits per heavy atom. The Morgan fingerprint density at radius 3 is 2.22 bits per heavy atom. The predicted molar refractivity (Wildman–Crippen MR) is 54.6 cm³/mol. The first-order valence-electron chi connectivity index (χ1n) is 4.87. The van der Waals surface area contributed by atoms with Gasteiger partial charge < -0.3 is 0 Å². The molecule has 18 heavy (non-hydrogen) atoms. The molecule has 0 amide bonds. The van der Waals surface area contributed by atoms with Gasteiger partial charge in [-0.15, -0.1) is 0 Å². The van der Waals surface area contributed by atoms with E-state index in [0.717, 1.165) is 0 Å². The average molecular weight is 259 g/mol. The zero-order chi connectivity index (χ0) is 13.3. The quantitative estimate of drug-likeness (QED) is 0.704. The normalized spacial score (nSPS) is 11.6. The maximum Gasteiger partial charge on any atom is 0.419 e. The number of hydrogen-bond acceptors (Lipinski definition) is 1. The summed E-state index contributed by atoms with van der Waals surface area (Å²) in [7, 11) is 0. The molecule has 0 N–H and O–H groups in total. The van der Waals surface area contributed by atoms with Crippen molar-refractivity contribution in [2.24, 2.45) is 0 Å². The molecule has 0 fully saturated rings. The molecule has 1 heterocycles. The van der Waals surface area contributed by atoms with Crippen molar-refractivity contribution < 1.29 is 22.0 Å². The Bertz CT molecular complexity index is 563. The molecule has 0 atom stereocenters. The summed E-state index contributed by atoms with van der Waals surface area (Å²) in [6, 6.07) is 5.02. The molecule has 0 spiro atoms. The number of nitrogens with zero attached hydrogens (tertiary/aromatic N) is 1. The van der Waals surface area contributed by atoms with Gasteiger partial charge in [0.2, 0.25) is 0 Å². The number of benzene rings is 1. The zero-order valence-corrected chi connectivity index (χ0v) is 8.80. The summed E-state index contributed by atoms with van der Waals surface area (Å²) in [6.07, 6.45) is -3.56. The molecule has 0 aliphatic heterocycles. The number of rotatable bonds is 1. The molecule has 0 bridgehead atoms. The molecule has 1 nitrogen and oxygen atoms in total. The first kappa shape index (κ1) is 12.5. The highest BCUT2D eigenvalue weighted by Gasteiger charge is 2.35. The van der Waals surface area contributed by atoms with Gasteiger partial charge in [0.25, 0.3) is 0 Å². The second-order valence-corrected chi connectivity index (χ2v) is 3.52. The number of halogens is 5. The molecule has 0 aliphatic rings. The van der Waals surface area contributed by atoms with Crippen LogP contribution in [-0.4, -0.2) is 4.98 Å². The summed E-state index contributed by atoms with van der Waals surface area (Å²) in [5.74, 6) is -2.72. The summed E-state index contributed by atoms with van der Waals surface area (Å²) < 4.78 is 64.0. The van der Waals surface area contributed by atoms with Gasteiger partial charge in [0, 0.05) is 17.8 Å². The van der Waals surface area contributed by atoms with Gasteiger partial charge in [-0.25, -0.2) is 8.78 Å². The smallest absolute Gasteiger partial charge is 0.256 e. The van der Waals surface area contributed by atoms with Crippen LogP contribution in [0.3, 0.4) is 0 Å². The van der Waals surface area contributed by atoms with Gasteiger partial charge in [0.15, 0.2) is 0 Å². The third-order valence-corrected chi connectivity index (χ3v) is 2.30. The molecule has 0 aliphatic carbocycles. The molecule has 0 saturated carbocycles. The SMILES string of the molecule is Fc1cc(F)c(C(F)(F)F)cc1-c1ccccn1.